The predicted octanol–water partition coefficient (Wildman–Crippen LogP) is 2.87. The summed E-state index contributed by atoms with van der Waals surface area (Å²) in [5, 5.41) is 12.0. The first-order chi connectivity index (χ1) is 9.90. The number of halogens is 1. The maximum atomic E-state index is 13.8. The van der Waals surface area contributed by atoms with Gasteiger partial charge in [0.1, 0.15) is 5.82 Å². The zero-order chi connectivity index (χ0) is 15.8. The van der Waals surface area contributed by atoms with Gasteiger partial charge in [-0.3, -0.25) is 4.79 Å². The highest BCUT2D eigenvalue weighted by molar-refractivity contribution is 5.67. The van der Waals surface area contributed by atoms with Crippen LogP contribution in [0.5, 0.6) is 0 Å². The van der Waals surface area contributed by atoms with Crippen molar-refractivity contribution < 1.29 is 14.3 Å². The van der Waals surface area contributed by atoms with Crippen LogP contribution >= 0.6 is 0 Å². The fraction of sp³-hybridized carbons (Fsp3) is 0.562. The predicted molar refractivity (Wildman–Crippen MR) is 83.1 cm³/mol. The van der Waals surface area contributed by atoms with E-state index in [1.807, 2.05) is 0 Å². The molecule has 21 heavy (non-hydrogen) atoms. The Labute approximate surface area is 126 Å². The number of rotatable bonds is 9. The summed E-state index contributed by atoms with van der Waals surface area (Å²) in [6.45, 7) is 6.26. The lowest BCUT2D eigenvalue weighted by molar-refractivity contribution is -0.136. The number of nitrogens with zero attached hydrogens (tertiary/aromatic N) is 1. The zero-order valence-electron chi connectivity index (χ0n) is 13.0. The Balaban J connectivity index is 2.59. The molecule has 0 aliphatic rings. The lowest BCUT2D eigenvalue weighted by Gasteiger charge is -2.20. The number of carboxylic acids is 1. The van der Waals surface area contributed by atoms with Crippen LogP contribution < -0.4 is 10.2 Å². The van der Waals surface area contributed by atoms with Crippen molar-refractivity contribution in [3.05, 3.63) is 29.6 Å². The average molecular weight is 296 g/mol. The molecule has 1 rings (SSSR count). The van der Waals surface area contributed by atoms with E-state index in [1.54, 1.807) is 24.1 Å². The fourth-order valence-corrected chi connectivity index (χ4v) is 1.97. The molecule has 1 aromatic rings. The maximum Gasteiger partial charge on any atom is 0.305 e. The second kappa shape index (κ2) is 8.62. The molecule has 0 aliphatic carbocycles. The Kier molecular flexibility index (Phi) is 7.15. The van der Waals surface area contributed by atoms with Crippen LogP contribution in [0.4, 0.5) is 10.1 Å². The van der Waals surface area contributed by atoms with E-state index in [0.29, 0.717) is 18.2 Å². The van der Waals surface area contributed by atoms with Gasteiger partial charge in [0.15, 0.2) is 0 Å². The van der Waals surface area contributed by atoms with Crippen LogP contribution in [0.3, 0.4) is 0 Å². The molecule has 0 radical (unpaired) electrons. The number of carboxylic acid groups (broad SMARTS) is 1. The SMILES string of the molecule is CC(C)CCNCc1ccc(F)c(N(C)CCC(=O)O)c1. The number of nitrogens with one attached hydrogen (secondary N) is 1. The van der Waals surface area contributed by atoms with Crippen molar-refractivity contribution in [2.45, 2.75) is 33.2 Å². The van der Waals surface area contributed by atoms with E-state index in [-0.39, 0.29) is 18.8 Å². The topological polar surface area (TPSA) is 52.6 Å². The van der Waals surface area contributed by atoms with E-state index in [0.717, 1.165) is 18.5 Å². The number of hydrogen-bond donors (Lipinski definition) is 2. The second-order valence-electron chi connectivity index (χ2n) is 5.71. The Morgan fingerprint density at radius 1 is 1.43 bits per heavy atom. The van der Waals surface area contributed by atoms with Crippen LogP contribution in [0, 0.1) is 11.7 Å². The highest BCUT2D eigenvalue weighted by Gasteiger charge is 2.10. The zero-order valence-corrected chi connectivity index (χ0v) is 13.0. The standard InChI is InChI=1S/C16H25FN2O2/c1-12(2)6-8-18-11-13-4-5-14(17)15(10-13)19(3)9-7-16(20)21/h4-5,10,12,18H,6-9,11H2,1-3H3,(H,20,21). The molecule has 0 unspecified atom stereocenters. The van der Waals surface area contributed by atoms with Gasteiger partial charge in [0.25, 0.3) is 0 Å². The average Bonchev–Trinajstić information content (AvgIpc) is 2.42. The van der Waals surface area contributed by atoms with Crippen molar-refractivity contribution in [2.75, 3.05) is 25.0 Å². The Morgan fingerprint density at radius 2 is 2.14 bits per heavy atom. The molecule has 118 valence electrons. The summed E-state index contributed by atoms with van der Waals surface area (Å²) in [4.78, 5) is 12.2. The summed E-state index contributed by atoms with van der Waals surface area (Å²) in [6.07, 6.45) is 1.10. The minimum atomic E-state index is -0.881. The first-order valence-electron chi connectivity index (χ1n) is 7.32. The van der Waals surface area contributed by atoms with Gasteiger partial charge in [-0.1, -0.05) is 19.9 Å². The van der Waals surface area contributed by atoms with Gasteiger partial charge in [-0.2, -0.15) is 0 Å². The van der Waals surface area contributed by atoms with Gasteiger partial charge in [0.05, 0.1) is 12.1 Å². The molecule has 0 spiro atoms. The molecule has 0 fully saturated rings. The maximum absolute atomic E-state index is 13.8. The van der Waals surface area contributed by atoms with E-state index in [1.165, 1.54) is 6.07 Å². The molecule has 0 atom stereocenters. The number of hydrogen-bond acceptors (Lipinski definition) is 3. The summed E-state index contributed by atoms with van der Waals surface area (Å²) in [5.74, 6) is -0.550. The van der Waals surface area contributed by atoms with E-state index in [9.17, 15) is 9.18 Å². The van der Waals surface area contributed by atoms with Crippen molar-refractivity contribution in [2.24, 2.45) is 5.92 Å². The summed E-state index contributed by atoms with van der Waals surface area (Å²) < 4.78 is 13.8. The van der Waals surface area contributed by atoms with E-state index in [2.05, 4.69) is 19.2 Å². The minimum Gasteiger partial charge on any atom is -0.481 e. The van der Waals surface area contributed by atoms with Crippen LogP contribution in [0.1, 0.15) is 32.3 Å². The van der Waals surface area contributed by atoms with Crippen LogP contribution in [-0.4, -0.2) is 31.2 Å². The van der Waals surface area contributed by atoms with Crippen molar-refractivity contribution in [1.82, 2.24) is 5.32 Å². The third-order valence-corrected chi connectivity index (χ3v) is 3.31. The first-order valence-corrected chi connectivity index (χ1v) is 7.32. The quantitative estimate of drug-likeness (QED) is 0.688. The summed E-state index contributed by atoms with van der Waals surface area (Å²) in [7, 11) is 1.71. The van der Waals surface area contributed by atoms with Crippen molar-refractivity contribution in [1.29, 1.82) is 0 Å². The molecule has 0 saturated carbocycles. The van der Waals surface area contributed by atoms with E-state index < -0.39 is 5.97 Å². The van der Waals surface area contributed by atoms with Crippen LogP contribution in [0.25, 0.3) is 0 Å². The van der Waals surface area contributed by atoms with Gasteiger partial charge in [0, 0.05) is 20.1 Å². The van der Waals surface area contributed by atoms with E-state index in [4.69, 9.17) is 5.11 Å². The normalized spacial score (nSPS) is 10.9. The molecule has 2 N–H and O–H groups in total. The minimum absolute atomic E-state index is 0.00714. The lowest BCUT2D eigenvalue weighted by Crippen LogP contribution is -2.22. The summed E-state index contributed by atoms with van der Waals surface area (Å²) in [6, 6.07) is 4.97. The molecule has 1 aromatic carbocycles. The Morgan fingerprint density at radius 3 is 2.76 bits per heavy atom. The fourth-order valence-electron chi connectivity index (χ4n) is 1.97. The highest BCUT2D eigenvalue weighted by Crippen LogP contribution is 2.20. The summed E-state index contributed by atoms with van der Waals surface area (Å²) >= 11 is 0. The van der Waals surface area contributed by atoms with E-state index >= 15 is 0 Å². The molecular weight excluding hydrogens is 271 g/mol. The van der Waals surface area contributed by atoms with Gasteiger partial charge in [-0.25, -0.2) is 4.39 Å². The van der Waals surface area contributed by atoms with Gasteiger partial charge in [-0.05, 0) is 36.6 Å². The molecule has 0 heterocycles. The molecule has 0 aromatic heterocycles. The molecular formula is C16H25FN2O2. The number of aliphatic carboxylic acids is 1. The molecule has 0 saturated heterocycles. The molecule has 5 heteroatoms. The first kappa shape index (κ1) is 17.4. The van der Waals surface area contributed by atoms with Crippen molar-refractivity contribution in [3.63, 3.8) is 0 Å². The van der Waals surface area contributed by atoms with Gasteiger partial charge >= 0.3 is 5.97 Å². The van der Waals surface area contributed by atoms with Gasteiger partial charge < -0.3 is 15.3 Å². The van der Waals surface area contributed by atoms with Gasteiger partial charge in [0.2, 0.25) is 0 Å². The smallest absolute Gasteiger partial charge is 0.305 e. The Hall–Kier alpha value is -1.62. The molecule has 0 bridgehead atoms. The second-order valence-corrected chi connectivity index (χ2v) is 5.71. The van der Waals surface area contributed by atoms with Crippen molar-refractivity contribution in [3.8, 4) is 0 Å². The molecule has 0 aliphatic heterocycles. The monoisotopic (exact) mass is 296 g/mol. The van der Waals surface area contributed by atoms with Crippen LogP contribution in [0.15, 0.2) is 18.2 Å². The number of carbonyl (C=O) groups is 1. The van der Waals surface area contributed by atoms with Crippen molar-refractivity contribution >= 4 is 11.7 Å². The molecule has 0 amide bonds. The van der Waals surface area contributed by atoms with Crippen LogP contribution in [-0.2, 0) is 11.3 Å². The number of anilines is 1. The highest BCUT2D eigenvalue weighted by atomic mass is 19.1. The third-order valence-electron chi connectivity index (χ3n) is 3.31. The van der Waals surface area contributed by atoms with Gasteiger partial charge in [-0.15, -0.1) is 0 Å². The molecule has 4 nitrogen and oxygen atoms in total. The largest absolute Gasteiger partial charge is 0.481 e. The Bertz CT molecular complexity index is 464. The summed E-state index contributed by atoms with van der Waals surface area (Å²) in [5.41, 5.74) is 1.44. The van der Waals surface area contributed by atoms with Crippen LogP contribution in [0.2, 0.25) is 0 Å². The number of benzene rings is 1. The lowest BCUT2D eigenvalue weighted by atomic mass is 10.1. The third kappa shape index (κ3) is 6.58.